The van der Waals surface area contributed by atoms with Gasteiger partial charge in [-0.2, -0.15) is 0 Å². The molecule has 0 radical (unpaired) electrons. The van der Waals surface area contributed by atoms with Gasteiger partial charge >= 0.3 is 0 Å². The van der Waals surface area contributed by atoms with Gasteiger partial charge in [-0.15, -0.1) is 0 Å². The minimum Gasteiger partial charge on any atom is -0.211 e. The molecule has 14 heavy (non-hydrogen) atoms. The number of hydrogen-bond acceptors (Lipinski definition) is 2. The second kappa shape index (κ2) is 4.25. The van der Waals surface area contributed by atoms with Gasteiger partial charge in [0.2, 0.25) is 10.0 Å². The second-order valence-electron chi connectivity index (χ2n) is 2.58. The van der Waals surface area contributed by atoms with Crippen LogP contribution in [0.3, 0.4) is 0 Å². The Morgan fingerprint density at radius 3 is 2.64 bits per heavy atom. The van der Waals surface area contributed by atoms with E-state index in [1.54, 1.807) is 6.92 Å². The van der Waals surface area contributed by atoms with Gasteiger partial charge in [-0.05, 0) is 18.2 Å². The average Bonchev–Trinajstić information content (AvgIpc) is 2.09. The number of benzene rings is 1. The van der Waals surface area contributed by atoms with Gasteiger partial charge in [0, 0.05) is 6.54 Å². The molecular formula is C8H9ClFNO2S. The van der Waals surface area contributed by atoms with Crippen LogP contribution in [0.4, 0.5) is 4.39 Å². The maximum atomic E-state index is 12.7. The molecule has 1 N–H and O–H groups in total. The average molecular weight is 238 g/mol. The lowest BCUT2D eigenvalue weighted by Crippen LogP contribution is -2.23. The van der Waals surface area contributed by atoms with E-state index in [2.05, 4.69) is 4.72 Å². The first-order valence-electron chi connectivity index (χ1n) is 3.92. The van der Waals surface area contributed by atoms with Crippen LogP contribution in [0.5, 0.6) is 0 Å². The molecule has 0 spiro atoms. The van der Waals surface area contributed by atoms with Crippen LogP contribution < -0.4 is 4.72 Å². The first kappa shape index (κ1) is 11.4. The van der Waals surface area contributed by atoms with E-state index in [0.29, 0.717) is 0 Å². The van der Waals surface area contributed by atoms with Gasteiger partial charge < -0.3 is 0 Å². The SMILES string of the molecule is CCNS(=O)(=O)c1ccc(F)c(Cl)c1. The molecule has 0 aliphatic heterocycles. The van der Waals surface area contributed by atoms with Gasteiger partial charge in [-0.1, -0.05) is 18.5 Å². The zero-order chi connectivity index (χ0) is 10.8. The van der Waals surface area contributed by atoms with Crippen molar-refractivity contribution in [1.82, 2.24) is 4.72 Å². The highest BCUT2D eigenvalue weighted by atomic mass is 35.5. The smallest absolute Gasteiger partial charge is 0.211 e. The Kier molecular flexibility index (Phi) is 3.47. The van der Waals surface area contributed by atoms with E-state index in [9.17, 15) is 12.8 Å². The van der Waals surface area contributed by atoms with Crippen molar-refractivity contribution in [2.24, 2.45) is 0 Å². The molecule has 3 nitrogen and oxygen atoms in total. The summed E-state index contributed by atoms with van der Waals surface area (Å²) in [5.41, 5.74) is 0. The third-order valence-corrected chi connectivity index (χ3v) is 3.37. The Balaban J connectivity index is 3.15. The Bertz CT molecular complexity index is 433. The fraction of sp³-hybridized carbons (Fsp3) is 0.250. The first-order valence-corrected chi connectivity index (χ1v) is 5.78. The third-order valence-electron chi connectivity index (χ3n) is 1.54. The molecular weight excluding hydrogens is 229 g/mol. The number of nitrogens with one attached hydrogen (secondary N) is 1. The van der Waals surface area contributed by atoms with E-state index in [0.717, 1.165) is 12.1 Å². The molecule has 0 fully saturated rings. The van der Waals surface area contributed by atoms with Crippen LogP contribution in [0.25, 0.3) is 0 Å². The largest absolute Gasteiger partial charge is 0.240 e. The van der Waals surface area contributed by atoms with Crippen LogP contribution in [-0.2, 0) is 10.0 Å². The van der Waals surface area contributed by atoms with Crippen LogP contribution in [0.15, 0.2) is 23.1 Å². The number of halogens is 2. The quantitative estimate of drug-likeness (QED) is 0.871. The van der Waals surface area contributed by atoms with Crippen LogP contribution in [-0.4, -0.2) is 15.0 Å². The summed E-state index contributed by atoms with van der Waals surface area (Å²) in [4.78, 5) is -0.0363. The Morgan fingerprint density at radius 2 is 2.14 bits per heavy atom. The van der Waals surface area contributed by atoms with E-state index in [1.807, 2.05) is 0 Å². The Morgan fingerprint density at radius 1 is 1.50 bits per heavy atom. The molecule has 0 saturated heterocycles. The normalized spacial score (nSPS) is 11.6. The van der Waals surface area contributed by atoms with Crippen molar-refractivity contribution in [2.75, 3.05) is 6.54 Å². The molecule has 1 rings (SSSR count). The van der Waals surface area contributed by atoms with E-state index in [1.165, 1.54) is 6.07 Å². The lowest BCUT2D eigenvalue weighted by atomic mass is 10.3. The maximum absolute atomic E-state index is 12.7. The van der Waals surface area contributed by atoms with Gasteiger partial charge in [0.1, 0.15) is 5.82 Å². The standard InChI is InChI=1S/C8H9ClFNO2S/c1-2-11-14(12,13)6-3-4-8(10)7(9)5-6/h3-5,11H,2H2,1H3. The summed E-state index contributed by atoms with van der Waals surface area (Å²) >= 11 is 5.45. The summed E-state index contributed by atoms with van der Waals surface area (Å²) in [6.07, 6.45) is 0. The van der Waals surface area contributed by atoms with E-state index in [-0.39, 0.29) is 16.5 Å². The highest BCUT2D eigenvalue weighted by Crippen LogP contribution is 2.18. The van der Waals surface area contributed by atoms with Crippen LogP contribution in [0.2, 0.25) is 5.02 Å². The van der Waals surface area contributed by atoms with Gasteiger partial charge in [0.05, 0.1) is 9.92 Å². The zero-order valence-electron chi connectivity index (χ0n) is 7.42. The highest BCUT2D eigenvalue weighted by molar-refractivity contribution is 7.89. The minimum absolute atomic E-state index is 0.0363. The zero-order valence-corrected chi connectivity index (χ0v) is 8.99. The monoisotopic (exact) mass is 237 g/mol. The predicted octanol–water partition coefficient (Wildman–Crippen LogP) is 1.78. The number of rotatable bonds is 3. The number of sulfonamides is 1. The van der Waals surface area contributed by atoms with Crippen LogP contribution in [0.1, 0.15) is 6.92 Å². The lowest BCUT2D eigenvalue weighted by molar-refractivity contribution is 0.583. The molecule has 0 aliphatic carbocycles. The fourth-order valence-corrected chi connectivity index (χ4v) is 2.23. The minimum atomic E-state index is -3.55. The summed E-state index contributed by atoms with van der Waals surface area (Å²) < 4.78 is 37.8. The topological polar surface area (TPSA) is 46.2 Å². The first-order chi connectivity index (χ1) is 6.47. The third kappa shape index (κ3) is 2.43. The van der Waals surface area contributed by atoms with Crippen LogP contribution in [0, 0.1) is 5.82 Å². The fourth-order valence-electron chi connectivity index (χ4n) is 0.917. The Labute approximate surface area is 86.9 Å². The molecule has 0 atom stereocenters. The molecule has 0 saturated carbocycles. The molecule has 0 aliphatic rings. The van der Waals surface area contributed by atoms with Crippen molar-refractivity contribution in [2.45, 2.75) is 11.8 Å². The van der Waals surface area contributed by atoms with Crippen molar-refractivity contribution < 1.29 is 12.8 Å². The molecule has 0 aromatic heterocycles. The summed E-state index contributed by atoms with van der Waals surface area (Å²) in [5.74, 6) is -0.637. The summed E-state index contributed by atoms with van der Waals surface area (Å²) in [7, 11) is -3.55. The molecule has 0 heterocycles. The number of hydrogen-bond donors (Lipinski definition) is 1. The van der Waals surface area contributed by atoms with Gasteiger partial charge in [-0.3, -0.25) is 0 Å². The molecule has 0 unspecified atom stereocenters. The molecule has 6 heteroatoms. The van der Waals surface area contributed by atoms with Crippen LogP contribution >= 0.6 is 11.6 Å². The van der Waals surface area contributed by atoms with Gasteiger partial charge in [0.25, 0.3) is 0 Å². The van der Waals surface area contributed by atoms with Crippen molar-refractivity contribution in [3.05, 3.63) is 29.0 Å². The Hall–Kier alpha value is -0.650. The summed E-state index contributed by atoms with van der Waals surface area (Å²) in [5, 5.41) is -0.205. The highest BCUT2D eigenvalue weighted by Gasteiger charge is 2.13. The van der Waals surface area contributed by atoms with Crippen molar-refractivity contribution in [3.63, 3.8) is 0 Å². The van der Waals surface area contributed by atoms with Crippen molar-refractivity contribution in [1.29, 1.82) is 0 Å². The maximum Gasteiger partial charge on any atom is 0.240 e. The van der Waals surface area contributed by atoms with Gasteiger partial charge in [-0.25, -0.2) is 17.5 Å². The summed E-state index contributed by atoms with van der Waals surface area (Å²) in [6.45, 7) is 1.93. The predicted molar refractivity (Wildman–Crippen MR) is 52.3 cm³/mol. The molecule has 0 bridgehead atoms. The molecule has 0 amide bonds. The van der Waals surface area contributed by atoms with Crippen molar-refractivity contribution in [3.8, 4) is 0 Å². The van der Waals surface area contributed by atoms with E-state index >= 15 is 0 Å². The lowest BCUT2D eigenvalue weighted by Gasteiger charge is -2.04. The molecule has 78 valence electrons. The van der Waals surface area contributed by atoms with Gasteiger partial charge in [0.15, 0.2) is 0 Å². The van der Waals surface area contributed by atoms with Crippen molar-refractivity contribution >= 4 is 21.6 Å². The van der Waals surface area contributed by atoms with E-state index in [4.69, 9.17) is 11.6 Å². The second-order valence-corrected chi connectivity index (χ2v) is 4.75. The molecule has 1 aromatic rings. The summed E-state index contributed by atoms with van der Waals surface area (Å²) in [6, 6.07) is 3.26. The molecule has 1 aromatic carbocycles. The van der Waals surface area contributed by atoms with E-state index < -0.39 is 15.8 Å².